The van der Waals surface area contributed by atoms with Gasteiger partial charge in [0.1, 0.15) is 0 Å². The van der Waals surface area contributed by atoms with E-state index in [2.05, 4.69) is 23.3 Å². The monoisotopic (exact) mass is 245 g/mol. The Labute approximate surface area is 108 Å². The molecule has 4 nitrogen and oxygen atoms in total. The molecule has 2 aliphatic rings. The maximum absolute atomic E-state index is 12.5. The summed E-state index contributed by atoms with van der Waals surface area (Å²) in [6.45, 7) is 4.57. The Hall–Kier alpha value is -1.55. The zero-order valence-electron chi connectivity index (χ0n) is 10.8. The molecule has 0 aliphatic carbocycles. The first-order valence-electron chi connectivity index (χ1n) is 6.59. The highest BCUT2D eigenvalue weighted by Gasteiger charge is 2.24. The summed E-state index contributed by atoms with van der Waals surface area (Å²) in [5.74, 6) is 0.198. The molecular weight excluding hydrogens is 226 g/mol. The predicted octanol–water partition coefficient (Wildman–Crippen LogP) is 1.04. The number of hydrogen-bond donors (Lipinski definition) is 1. The molecule has 1 amide bonds. The molecule has 0 bridgehead atoms. The summed E-state index contributed by atoms with van der Waals surface area (Å²) in [5.41, 5.74) is 3.22. The third-order valence-electron chi connectivity index (χ3n) is 3.89. The van der Waals surface area contributed by atoms with Crippen molar-refractivity contribution in [2.45, 2.75) is 6.42 Å². The number of benzene rings is 1. The standard InChI is InChI=1S/C14H19N3O/c1-16-7-9-17(10-8-16)14(18)12-3-2-4-13-11(12)5-6-15-13/h2-4,15H,5-10H2,1H3. The van der Waals surface area contributed by atoms with Crippen molar-refractivity contribution in [3.05, 3.63) is 29.3 Å². The average Bonchev–Trinajstić information content (AvgIpc) is 2.87. The molecule has 0 unspecified atom stereocenters. The summed E-state index contributed by atoms with van der Waals surface area (Å²) in [5, 5.41) is 3.33. The van der Waals surface area contributed by atoms with Crippen LogP contribution in [0.5, 0.6) is 0 Å². The van der Waals surface area contributed by atoms with Crippen molar-refractivity contribution < 1.29 is 4.79 Å². The number of nitrogens with one attached hydrogen (secondary N) is 1. The first kappa shape index (κ1) is 11.5. The van der Waals surface area contributed by atoms with E-state index in [1.165, 1.54) is 5.56 Å². The number of amides is 1. The van der Waals surface area contributed by atoms with Gasteiger partial charge < -0.3 is 15.1 Å². The lowest BCUT2D eigenvalue weighted by Gasteiger charge is -2.32. The van der Waals surface area contributed by atoms with Gasteiger partial charge in [0, 0.05) is 44.0 Å². The molecule has 1 N–H and O–H groups in total. The van der Waals surface area contributed by atoms with Gasteiger partial charge in [0.05, 0.1) is 0 Å². The second kappa shape index (κ2) is 4.61. The fourth-order valence-electron chi connectivity index (χ4n) is 2.72. The van der Waals surface area contributed by atoms with Crippen molar-refractivity contribution in [1.82, 2.24) is 9.80 Å². The number of nitrogens with zero attached hydrogens (tertiary/aromatic N) is 2. The molecule has 96 valence electrons. The van der Waals surface area contributed by atoms with Crippen LogP contribution in [0.2, 0.25) is 0 Å². The molecule has 0 saturated carbocycles. The molecule has 18 heavy (non-hydrogen) atoms. The summed E-state index contributed by atoms with van der Waals surface area (Å²) in [6, 6.07) is 6.00. The van der Waals surface area contributed by atoms with Gasteiger partial charge >= 0.3 is 0 Å². The van der Waals surface area contributed by atoms with E-state index >= 15 is 0 Å². The quantitative estimate of drug-likeness (QED) is 0.803. The molecule has 1 aromatic rings. The lowest BCUT2D eigenvalue weighted by molar-refractivity contribution is 0.0663. The van der Waals surface area contributed by atoms with E-state index in [9.17, 15) is 4.79 Å². The number of likely N-dealkylation sites (N-methyl/N-ethyl adjacent to an activating group) is 1. The first-order valence-corrected chi connectivity index (χ1v) is 6.59. The molecule has 2 aliphatic heterocycles. The molecule has 0 spiro atoms. The number of anilines is 1. The Kier molecular flexibility index (Phi) is 2.96. The number of piperazine rings is 1. The molecule has 4 heteroatoms. The molecule has 3 rings (SSSR count). The molecule has 0 aromatic heterocycles. The van der Waals surface area contributed by atoms with Crippen molar-refractivity contribution in [2.24, 2.45) is 0 Å². The van der Waals surface area contributed by atoms with Crippen LogP contribution >= 0.6 is 0 Å². The van der Waals surface area contributed by atoms with Gasteiger partial charge in [0.2, 0.25) is 0 Å². The highest BCUT2D eigenvalue weighted by atomic mass is 16.2. The van der Waals surface area contributed by atoms with E-state index in [-0.39, 0.29) is 5.91 Å². The van der Waals surface area contributed by atoms with Gasteiger partial charge in [0.25, 0.3) is 5.91 Å². The van der Waals surface area contributed by atoms with E-state index in [1.807, 2.05) is 17.0 Å². The Morgan fingerprint density at radius 2 is 2.00 bits per heavy atom. The van der Waals surface area contributed by atoms with Crippen molar-refractivity contribution in [2.75, 3.05) is 45.1 Å². The normalized spacial score (nSPS) is 19.5. The summed E-state index contributed by atoms with van der Waals surface area (Å²) < 4.78 is 0. The fourth-order valence-corrected chi connectivity index (χ4v) is 2.72. The van der Waals surface area contributed by atoms with E-state index in [0.717, 1.165) is 50.4 Å². The smallest absolute Gasteiger partial charge is 0.254 e. The van der Waals surface area contributed by atoms with Crippen molar-refractivity contribution in [3.8, 4) is 0 Å². The van der Waals surface area contributed by atoms with Gasteiger partial charge in [-0.15, -0.1) is 0 Å². The Morgan fingerprint density at radius 3 is 2.78 bits per heavy atom. The van der Waals surface area contributed by atoms with Gasteiger partial charge in [-0.1, -0.05) is 6.07 Å². The van der Waals surface area contributed by atoms with Gasteiger partial charge in [-0.2, -0.15) is 0 Å². The second-order valence-corrected chi connectivity index (χ2v) is 5.10. The summed E-state index contributed by atoms with van der Waals surface area (Å²) in [7, 11) is 2.10. The van der Waals surface area contributed by atoms with Crippen molar-refractivity contribution in [3.63, 3.8) is 0 Å². The molecule has 0 radical (unpaired) electrons. The molecule has 1 saturated heterocycles. The molecule has 1 fully saturated rings. The van der Waals surface area contributed by atoms with Gasteiger partial charge in [-0.3, -0.25) is 4.79 Å². The van der Waals surface area contributed by atoms with Gasteiger partial charge in [-0.25, -0.2) is 0 Å². The Balaban J connectivity index is 1.83. The number of carbonyl (C=O) groups excluding carboxylic acids is 1. The number of hydrogen-bond acceptors (Lipinski definition) is 3. The SMILES string of the molecule is CN1CCN(C(=O)c2cccc3c2CCN3)CC1. The van der Waals surface area contributed by atoms with Crippen LogP contribution in [-0.2, 0) is 6.42 Å². The van der Waals surface area contributed by atoms with Gasteiger partial charge in [0.15, 0.2) is 0 Å². The molecule has 1 aromatic carbocycles. The van der Waals surface area contributed by atoms with E-state index < -0.39 is 0 Å². The van der Waals surface area contributed by atoms with Gasteiger partial charge in [-0.05, 0) is 31.2 Å². The van der Waals surface area contributed by atoms with Crippen molar-refractivity contribution >= 4 is 11.6 Å². The Bertz CT molecular complexity index is 464. The zero-order valence-corrected chi connectivity index (χ0v) is 10.8. The topological polar surface area (TPSA) is 35.6 Å². The lowest BCUT2D eigenvalue weighted by Crippen LogP contribution is -2.47. The van der Waals surface area contributed by atoms with Crippen LogP contribution in [0, 0.1) is 0 Å². The number of fused-ring (bicyclic) bond motifs is 1. The minimum atomic E-state index is 0.198. The van der Waals surface area contributed by atoms with Crippen LogP contribution < -0.4 is 5.32 Å². The maximum atomic E-state index is 12.5. The van der Waals surface area contributed by atoms with Crippen LogP contribution in [0.3, 0.4) is 0 Å². The highest BCUT2D eigenvalue weighted by molar-refractivity contribution is 5.97. The Morgan fingerprint density at radius 1 is 1.22 bits per heavy atom. The first-order chi connectivity index (χ1) is 8.75. The summed E-state index contributed by atoms with van der Waals surface area (Å²) in [6.07, 6.45) is 0.963. The average molecular weight is 245 g/mol. The largest absolute Gasteiger partial charge is 0.384 e. The third-order valence-corrected chi connectivity index (χ3v) is 3.89. The number of carbonyl (C=O) groups is 1. The van der Waals surface area contributed by atoms with Crippen LogP contribution in [-0.4, -0.2) is 55.5 Å². The fraction of sp³-hybridized carbons (Fsp3) is 0.500. The van der Waals surface area contributed by atoms with Crippen molar-refractivity contribution in [1.29, 1.82) is 0 Å². The molecular formula is C14H19N3O. The van der Waals surface area contributed by atoms with E-state index in [1.54, 1.807) is 0 Å². The van der Waals surface area contributed by atoms with Crippen LogP contribution in [0.15, 0.2) is 18.2 Å². The highest BCUT2D eigenvalue weighted by Crippen LogP contribution is 2.26. The van der Waals surface area contributed by atoms with Crippen LogP contribution in [0.4, 0.5) is 5.69 Å². The molecule has 0 atom stereocenters. The zero-order chi connectivity index (χ0) is 12.5. The van der Waals surface area contributed by atoms with E-state index in [0.29, 0.717) is 0 Å². The molecule has 2 heterocycles. The summed E-state index contributed by atoms with van der Waals surface area (Å²) >= 11 is 0. The summed E-state index contributed by atoms with van der Waals surface area (Å²) in [4.78, 5) is 16.8. The minimum absolute atomic E-state index is 0.198. The number of rotatable bonds is 1. The minimum Gasteiger partial charge on any atom is -0.384 e. The van der Waals surface area contributed by atoms with E-state index in [4.69, 9.17) is 0 Å². The predicted molar refractivity (Wildman–Crippen MR) is 72.0 cm³/mol. The third kappa shape index (κ3) is 1.97. The van der Waals surface area contributed by atoms with Crippen LogP contribution in [0.25, 0.3) is 0 Å². The second-order valence-electron chi connectivity index (χ2n) is 5.10. The maximum Gasteiger partial charge on any atom is 0.254 e. The van der Waals surface area contributed by atoms with Crippen LogP contribution in [0.1, 0.15) is 15.9 Å². The lowest BCUT2D eigenvalue weighted by atomic mass is 10.0.